The zero-order valence-electron chi connectivity index (χ0n) is 7.32. The maximum absolute atomic E-state index is 12.2. The summed E-state index contributed by atoms with van der Waals surface area (Å²) in [7, 11) is 0. The van der Waals surface area contributed by atoms with Gasteiger partial charge in [0.1, 0.15) is 5.01 Å². The number of thiazole rings is 1. The minimum Gasteiger partial charge on any atom is -0.377 e. The van der Waals surface area contributed by atoms with Gasteiger partial charge >= 0.3 is 6.18 Å². The summed E-state index contributed by atoms with van der Waals surface area (Å²) in [6.45, 7) is 0. The molecule has 1 heterocycles. The van der Waals surface area contributed by atoms with E-state index in [0.717, 1.165) is 11.3 Å². The summed E-state index contributed by atoms with van der Waals surface area (Å²) in [5.74, 6) is 0. The third kappa shape index (κ3) is 1.95. The van der Waals surface area contributed by atoms with Crippen LogP contribution < -0.4 is 0 Å². The number of fused-ring (bicyclic) bond motifs is 1. The zero-order valence-corrected chi connectivity index (χ0v) is 8.14. The van der Waals surface area contributed by atoms with Gasteiger partial charge in [0.25, 0.3) is 0 Å². The summed E-state index contributed by atoms with van der Waals surface area (Å²) >= 11 is 0.851. The minimum atomic E-state index is -4.66. The molecule has 0 saturated heterocycles. The van der Waals surface area contributed by atoms with E-state index in [4.69, 9.17) is 5.11 Å². The molecule has 1 aromatic carbocycles. The highest BCUT2D eigenvalue weighted by molar-refractivity contribution is 7.18. The smallest absolute Gasteiger partial charge is 0.377 e. The third-order valence-corrected chi connectivity index (χ3v) is 2.94. The molecule has 1 N–H and O–H groups in total. The lowest BCUT2D eigenvalue weighted by molar-refractivity contribution is -0.206. The van der Waals surface area contributed by atoms with E-state index in [9.17, 15) is 13.2 Å². The van der Waals surface area contributed by atoms with E-state index in [1.807, 2.05) is 0 Å². The van der Waals surface area contributed by atoms with Gasteiger partial charge in [-0.25, -0.2) is 4.98 Å². The van der Waals surface area contributed by atoms with Crippen LogP contribution in [0.5, 0.6) is 0 Å². The van der Waals surface area contributed by atoms with Crippen LogP contribution in [0, 0.1) is 0 Å². The average molecular weight is 233 g/mol. The van der Waals surface area contributed by atoms with Gasteiger partial charge < -0.3 is 5.11 Å². The number of rotatable bonds is 1. The van der Waals surface area contributed by atoms with Crippen molar-refractivity contribution >= 4 is 21.6 Å². The number of aromatic nitrogens is 1. The summed E-state index contributed by atoms with van der Waals surface area (Å²) in [6, 6.07) is 6.67. The van der Waals surface area contributed by atoms with Gasteiger partial charge in [0.05, 0.1) is 10.2 Å². The Kier molecular flexibility index (Phi) is 2.40. The molecule has 15 heavy (non-hydrogen) atoms. The molecule has 0 saturated carbocycles. The normalized spacial score (nSPS) is 14.4. The number of para-hydroxylation sites is 1. The minimum absolute atomic E-state index is 0.316. The van der Waals surface area contributed by atoms with Gasteiger partial charge in [-0.05, 0) is 12.1 Å². The molecule has 0 amide bonds. The monoisotopic (exact) mass is 233 g/mol. The van der Waals surface area contributed by atoms with E-state index in [0.29, 0.717) is 10.2 Å². The van der Waals surface area contributed by atoms with Crippen LogP contribution in [0.15, 0.2) is 24.3 Å². The molecule has 0 radical (unpaired) electrons. The lowest BCUT2D eigenvalue weighted by Crippen LogP contribution is -2.19. The molecule has 0 aliphatic heterocycles. The number of hydrogen-bond donors (Lipinski definition) is 1. The summed E-state index contributed by atoms with van der Waals surface area (Å²) in [4.78, 5) is 3.73. The number of nitrogens with zero attached hydrogens (tertiary/aromatic N) is 1. The molecule has 6 heteroatoms. The summed E-state index contributed by atoms with van der Waals surface area (Å²) in [6.07, 6.45) is -7.15. The first-order valence-electron chi connectivity index (χ1n) is 4.09. The Bertz CT molecular complexity index is 446. The molecule has 0 fully saturated rings. The zero-order chi connectivity index (χ0) is 11.1. The predicted octanol–water partition coefficient (Wildman–Crippen LogP) is 2.89. The van der Waals surface area contributed by atoms with E-state index in [2.05, 4.69) is 4.98 Å². The third-order valence-electron chi connectivity index (χ3n) is 1.85. The van der Waals surface area contributed by atoms with Gasteiger partial charge in [-0.1, -0.05) is 12.1 Å². The van der Waals surface area contributed by atoms with Crippen LogP contribution >= 0.6 is 11.3 Å². The van der Waals surface area contributed by atoms with Gasteiger partial charge in [-0.3, -0.25) is 0 Å². The van der Waals surface area contributed by atoms with Crippen molar-refractivity contribution in [2.75, 3.05) is 0 Å². The fourth-order valence-corrected chi connectivity index (χ4v) is 2.13. The van der Waals surface area contributed by atoms with Gasteiger partial charge in [0.15, 0.2) is 0 Å². The summed E-state index contributed by atoms with van der Waals surface area (Å²) < 4.78 is 37.2. The number of aliphatic hydroxyl groups excluding tert-OH is 1. The Morgan fingerprint density at radius 2 is 1.93 bits per heavy atom. The number of halogens is 3. The maximum Gasteiger partial charge on any atom is 0.420 e. The van der Waals surface area contributed by atoms with E-state index in [1.54, 1.807) is 24.3 Å². The van der Waals surface area contributed by atoms with Crippen molar-refractivity contribution < 1.29 is 18.3 Å². The second kappa shape index (κ2) is 3.46. The molecule has 1 atom stereocenters. The SMILES string of the molecule is OC(c1nc2ccccc2s1)C(F)(F)F. The van der Waals surface area contributed by atoms with Crippen molar-refractivity contribution in [1.29, 1.82) is 0 Å². The van der Waals surface area contributed by atoms with Crippen LogP contribution in [-0.4, -0.2) is 16.3 Å². The van der Waals surface area contributed by atoms with E-state index < -0.39 is 12.3 Å². The van der Waals surface area contributed by atoms with Crippen molar-refractivity contribution in [2.45, 2.75) is 12.3 Å². The van der Waals surface area contributed by atoms with Crippen molar-refractivity contribution in [3.05, 3.63) is 29.3 Å². The number of aliphatic hydroxyl groups is 1. The first-order chi connectivity index (χ1) is 6.98. The predicted molar refractivity (Wildman–Crippen MR) is 50.6 cm³/mol. The molecule has 0 spiro atoms. The van der Waals surface area contributed by atoms with Crippen LogP contribution in [0.1, 0.15) is 11.1 Å². The molecule has 2 rings (SSSR count). The highest BCUT2D eigenvalue weighted by Gasteiger charge is 2.41. The second-order valence-electron chi connectivity index (χ2n) is 2.96. The van der Waals surface area contributed by atoms with Crippen molar-refractivity contribution in [2.24, 2.45) is 0 Å². The molecule has 1 aromatic heterocycles. The highest BCUT2D eigenvalue weighted by atomic mass is 32.1. The Hall–Kier alpha value is -1.14. The van der Waals surface area contributed by atoms with Crippen LogP contribution in [0.4, 0.5) is 13.2 Å². The standard InChI is InChI=1S/C9H6F3NOS/c10-9(11,12)7(14)8-13-5-3-1-2-4-6(5)15-8/h1-4,7,14H. The Morgan fingerprint density at radius 1 is 1.27 bits per heavy atom. The largest absolute Gasteiger partial charge is 0.420 e. The Morgan fingerprint density at radius 3 is 2.53 bits per heavy atom. The number of alkyl halides is 3. The van der Waals surface area contributed by atoms with E-state index in [-0.39, 0.29) is 5.01 Å². The molecule has 2 nitrogen and oxygen atoms in total. The molecule has 1 unspecified atom stereocenters. The fourth-order valence-electron chi connectivity index (χ4n) is 1.15. The highest BCUT2D eigenvalue weighted by Crippen LogP contribution is 2.36. The van der Waals surface area contributed by atoms with Crippen molar-refractivity contribution in [3.63, 3.8) is 0 Å². The van der Waals surface area contributed by atoms with Gasteiger partial charge in [0, 0.05) is 0 Å². The number of hydrogen-bond acceptors (Lipinski definition) is 3. The first-order valence-corrected chi connectivity index (χ1v) is 4.90. The van der Waals surface area contributed by atoms with Crippen molar-refractivity contribution in [1.82, 2.24) is 4.98 Å². The van der Waals surface area contributed by atoms with Crippen LogP contribution in [0.25, 0.3) is 10.2 Å². The van der Waals surface area contributed by atoms with Crippen molar-refractivity contribution in [3.8, 4) is 0 Å². The molecular weight excluding hydrogens is 227 g/mol. The lowest BCUT2D eigenvalue weighted by Gasteiger charge is -2.10. The number of benzene rings is 1. The molecular formula is C9H6F3NOS. The van der Waals surface area contributed by atoms with Crippen LogP contribution in [0.3, 0.4) is 0 Å². The second-order valence-corrected chi connectivity index (χ2v) is 4.03. The van der Waals surface area contributed by atoms with E-state index in [1.165, 1.54) is 0 Å². The molecule has 0 aliphatic carbocycles. The quantitative estimate of drug-likeness (QED) is 0.821. The summed E-state index contributed by atoms with van der Waals surface area (Å²) in [5.41, 5.74) is 0.473. The van der Waals surface area contributed by atoms with Crippen LogP contribution in [-0.2, 0) is 0 Å². The Labute approximate surface area is 87.0 Å². The maximum atomic E-state index is 12.2. The van der Waals surface area contributed by atoms with E-state index >= 15 is 0 Å². The van der Waals surface area contributed by atoms with Gasteiger partial charge in [-0.15, -0.1) is 11.3 Å². The first kappa shape index (κ1) is 10.4. The Balaban J connectivity index is 2.45. The molecule has 0 aliphatic rings. The van der Waals surface area contributed by atoms with Gasteiger partial charge in [0.2, 0.25) is 6.10 Å². The average Bonchev–Trinajstić information content (AvgIpc) is 2.58. The molecule has 80 valence electrons. The molecule has 0 bridgehead atoms. The fraction of sp³-hybridized carbons (Fsp3) is 0.222. The lowest BCUT2D eigenvalue weighted by atomic mass is 10.3. The molecule has 2 aromatic rings. The topological polar surface area (TPSA) is 33.1 Å². The van der Waals surface area contributed by atoms with Gasteiger partial charge in [-0.2, -0.15) is 13.2 Å². The van der Waals surface area contributed by atoms with Crippen LogP contribution in [0.2, 0.25) is 0 Å². The summed E-state index contributed by atoms with van der Waals surface area (Å²) in [5, 5.41) is 8.66.